The molecule has 0 amide bonds. The minimum Gasteiger partial charge on any atom is -0.368 e. The van der Waals surface area contributed by atoms with Crippen LogP contribution < -0.4 is 0 Å². The van der Waals surface area contributed by atoms with Crippen LogP contribution in [-0.4, -0.2) is 37.0 Å². The van der Waals surface area contributed by atoms with Crippen molar-refractivity contribution in [3.63, 3.8) is 0 Å². The minimum absolute atomic E-state index is 0.326. The van der Waals surface area contributed by atoms with E-state index in [1.165, 1.54) is 0 Å². The van der Waals surface area contributed by atoms with Crippen LogP contribution in [0, 0.1) is 0 Å². The standard InChI is InChI=1S/C22H26O5/c1-22(2)26-16-20(27-22)21(25-15-18-11-7-4-8-12-18)19(13-23)24-14-17-9-5-3-6-10-17/h3-13,19-21H,14-16H2,1-2H3/t19-,20-,21+/m0/s1. The highest BCUT2D eigenvalue weighted by Gasteiger charge is 2.41. The number of hydrogen-bond donors (Lipinski definition) is 0. The highest BCUT2D eigenvalue weighted by Crippen LogP contribution is 2.28. The Hall–Kier alpha value is -2.05. The zero-order valence-corrected chi connectivity index (χ0v) is 15.7. The van der Waals surface area contributed by atoms with Gasteiger partial charge in [0.2, 0.25) is 0 Å². The zero-order chi connectivity index (χ0) is 19.1. The molecule has 2 aromatic rings. The molecular formula is C22H26O5. The molecule has 3 atom stereocenters. The lowest BCUT2D eigenvalue weighted by atomic mass is 10.1. The van der Waals surface area contributed by atoms with Gasteiger partial charge in [0.05, 0.1) is 19.8 Å². The maximum absolute atomic E-state index is 11.8. The maximum Gasteiger partial charge on any atom is 0.163 e. The third-order valence-electron chi connectivity index (χ3n) is 4.43. The van der Waals surface area contributed by atoms with E-state index in [9.17, 15) is 4.79 Å². The first kappa shape index (κ1) is 19.7. The van der Waals surface area contributed by atoms with Crippen molar-refractivity contribution >= 4 is 6.29 Å². The van der Waals surface area contributed by atoms with E-state index in [2.05, 4.69) is 0 Å². The molecule has 0 unspecified atom stereocenters. The van der Waals surface area contributed by atoms with Gasteiger partial charge in [0.25, 0.3) is 0 Å². The lowest BCUT2D eigenvalue weighted by Crippen LogP contribution is -2.44. The van der Waals surface area contributed by atoms with Crippen molar-refractivity contribution in [3.05, 3.63) is 71.8 Å². The summed E-state index contributed by atoms with van der Waals surface area (Å²) in [7, 11) is 0. The summed E-state index contributed by atoms with van der Waals surface area (Å²) in [4.78, 5) is 11.8. The molecule has 0 aromatic heterocycles. The van der Waals surface area contributed by atoms with Crippen molar-refractivity contribution in [2.24, 2.45) is 0 Å². The Morgan fingerprint density at radius 3 is 2.04 bits per heavy atom. The molecule has 0 saturated carbocycles. The van der Waals surface area contributed by atoms with Crippen LogP contribution in [0.15, 0.2) is 60.7 Å². The average molecular weight is 370 g/mol. The Kier molecular flexibility index (Phi) is 6.74. The molecule has 1 heterocycles. The van der Waals surface area contributed by atoms with E-state index in [0.717, 1.165) is 17.4 Å². The monoisotopic (exact) mass is 370 g/mol. The van der Waals surface area contributed by atoms with Crippen molar-refractivity contribution in [1.29, 1.82) is 0 Å². The Morgan fingerprint density at radius 1 is 1.00 bits per heavy atom. The second-order valence-corrected chi connectivity index (χ2v) is 7.03. The van der Waals surface area contributed by atoms with Crippen LogP contribution >= 0.6 is 0 Å². The van der Waals surface area contributed by atoms with E-state index in [-0.39, 0.29) is 6.10 Å². The Morgan fingerprint density at radius 2 is 1.56 bits per heavy atom. The predicted octanol–water partition coefficient (Wildman–Crippen LogP) is 3.51. The molecule has 0 aliphatic carbocycles. The molecule has 1 saturated heterocycles. The van der Waals surface area contributed by atoms with Gasteiger partial charge in [-0.05, 0) is 25.0 Å². The second-order valence-electron chi connectivity index (χ2n) is 7.03. The fourth-order valence-electron chi connectivity index (χ4n) is 3.04. The summed E-state index contributed by atoms with van der Waals surface area (Å²) < 4.78 is 23.6. The van der Waals surface area contributed by atoms with Crippen LogP contribution in [0.2, 0.25) is 0 Å². The lowest BCUT2D eigenvalue weighted by Gasteiger charge is -2.28. The highest BCUT2D eigenvalue weighted by atomic mass is 16.8. The number of ether oxygens (including phenoxy) is 4. The van der Waals surface area contributed by atoms with Crippen LogP contribution in [0.25, 0.3) is 0 Å². The van der Waals surface area contributed by atoms with E-state index in [1.807, 2.05) is 74.5 Å². The fraction of sp³-hybridized carbons (Fsp3) is 0.409. The summed E-state index contributed by atoms with van der Waals surface area (Å²) >= 11 is 0. The first-order chi connectivity index (χ1) is 13.1. The van der Waals surface area contributed by atoms with Crippen molar-refractivity contribution in [2.75, 3.05) is 6.61 Å². The van der Waals surface area contributed by atoms with Gasteiger partial charge in [0.1, 0.15) is 18.3 Å². The van der Waals surface area contributed by atoms with Crippen LogP contribution in [0.1, 0.15) is 25.0 Å². The SMILES string of the molecule is CC1(C)OC[C@@H]([C@H](OCc2ccccc2)[C@H](C=O)OCc2ccccc2)O1. The van der Waals surface area contributed by atoms with Crippen molar-refractivity contribution in [2.45, 2.75) is 51.2 Å². The molecule has 5 nitrogen and oxygen atoms in total. The van der Waals surface area contributed by atoms with Gasteiger partial charge < -0.3 is 23.7 Å². The van der Waals surface area contributed by atoms with Crippen LogP contribution in [0.5, 0.6) is 0 Å². The molecule has 1 aliphatic rings. The lowest BCUT2D eigenvalue weighted by molar-refractivity contribution is -0.179. The maximum atomic E-state index is 11.8. The van der Waals surface area contributed by atoms with E-state index >= 15 is 0 Å². The summed E-state index contributed by atoms with van der Waals surface area (Å²) in [5, 5.41) is 0. The summed E-state index contributed by atoms with van der Waals surface area (Å²) in [6.45, 7) is 4.74. The summed E-state index contributed by atoms with van der Waals surface area (Å²) in [6.07, 6.45) is -0.910. The zero-order valence-electron chi connectivity index (χ0n) is 15.7. The van der Waals surface area contributed by atoms with Gasteiger partial charge in [-0.3, -0.25) is 0 Å². The number of carbonyl (C=O) groups is 1. The molecule has 1 aliphatic heterocycles. The molecular weight excluding hydrogens is 344 g/mol. The van der Waals surface area contributed by atoms with Crippen molar-refractivity contribution < 1.29 is 23.7 Å². The molecule has 5 heteroatoms. The second kappa shape index (κ2) is 9.24. The summed E-state index contributed by atoms with van der Waals surface area (Å²) in [5.74, 6) is -0.702. The highest BCUT2D eigenvalue weighted by molar-refractivity contribution is 5.57. The molecule has 144 valence electrons. The molecule has 0 radical (unpaired) electrons. The molecule has 27 heavy (non-hydrogen) atoms. The van der Waals surface area contributed by atoms with Gasteiger partial charge >= 0.3 is 0 Å². The quantitative estimate of drug-likeness (QED) is 0.632. The van der Waals surface area contributed by atoms with Gasteiger partial charge in [-0.25, -0.2) is 0 Å². The van der Waals surface area contributed by atoms with E-state index in [4.69, 9.17) is 18.9 Å². The van der Waals surface area contributed by atoms with Crippen molar-refractivity contribution in [1.82, 2.24) is 0 Å². The smallest absolute Gasteiger partial charge is 0.163 e. The Labute approximate surface area is 160 Å². The topological polar surface area (TPSA) is 54.0 Å². The van der Waals surface area contributed by atoms with E-state index < -0.39 is 18.0 Å². The normalized spacial score (nSPS) is 20.9. The van der Waals surface area contributed by atoms with Crippen LogP contribution in [0.3, 0.4) is 0 Å². The fourth-order valence-corrected chi connectivity index (χ4v) is 3.04. The number of carbonyl (C=O) groups excluding carboxylic acids is 1. The largest absolute Gasteiger partial charge is 0.368 e. The van der Waals surface area contributed by atoms with Crippen LogP contribution in [-0.2, 0) is 37.0 Å². The first-order valence-corrected chi connectivity index (χ1v) is 9.15. The van der Waals surface area contributed by atoms with Crippen LogP contribution in [0.4, 0.5) is 0 Å². The molecule has 3 rings (SSSR count). The van der Waals surface area contributed by atoms with Crippen molar-refractivity contribution in [3.8, 4) is 0 Å². The number of benzene rings is 2. The molecule has 0 spiro atoms. The third-order valence-corrected chi connectivity index (χ3v) is 4.43. The minimum atomic E-state index is -0.753. The molecule has 2 aromatic carbocycles. The van der Waals surface area contributed by atoms with Gasteiger partial charge in [-0.15, -0.1) is 0 Å². The van der Waals surface area contributed by atoms with Gasteiger partial charge in [0, 0.05) is 0 Å². The molecule has 1 fully saturated rings. The summed E-state index contributed by atoms with van der Waals surface area (Å²) in [5.41, 5.74) is 2.02. The van der Waals surface area contributed by atoms with Gasteiger partial charge in [-0.2, -0.15) is 0 Å². The van der Waals surface area contributed by atoms with E-state index in [1.54, 1.807) is 0 Å². The Bertz CT molecular complexity index is 701. The Balaban J connectivity index is 1.69. The first-order valence-electron chi connectivity index (χ1n) is 9.15. The molecule has 0 N–H and O–H groups in total. The summed E-state index contributed by atoms with van der Waals surface area (Å²) in [6, 6.07) is 19.6. The van der Waals surface area contributed by atoms with Gasteiger partial charge in [0.15, 0.2) is 12.1 Å². The average Bonchev–Trinajstić information content (AvgIpc) is 3.05. The molecule has 0 bridgehead atoms. The predicted molar refractivity (Wildman–Crippen MR) is 101 cm³/mol. The third kappa shape index (κ3) is 5.71. The number of hydrogen-bond acceptors (Lipinski definition) is 5. The van der Waals surface area contributed by atoms with Gasteiger partial charge in [-0.1, -0.05) is 60.7 Å². The van der Waals surface area contributed by atoms with E-state index in [0.29, 0.717) is 19.8 Å². The number of aldehydes is 1. The number of rotatable bonds is 9.